The summed E-state index contributed by atoms with van der Waals surface area (Å²) in [5.74, 6) is 0.454. The molecular weight excluding hydrogens is 250 g/mol. The van der Waals surface area contributed by atoms with E-state index in [0.717, 1.165) is 38.8 Å². The van der Waals surface area contributed by atoms with Crippen molar-refractivity contribution < 1.29 is 8.42 Å². The van der Waals surface area contributed by atoms with Crippen LogP contribution in [0.15, 0.2) is 0 Å². The second kappa shape index (κ2) is 7.43. The number of hydrogen-bond donors (Lipinski definition) is 2. The summed E-state index contributed by atoms with van der Waals surface area (Å²) in [5, 5.41) is 3.19. The summed E-state index contributed by atoms with van der Waals surface area (Å²) >= 11 is 0. The van der Waals surface area contributed by atoms with E-state index in [1.54, 1.807) is 7.05 Å². The smallest absolute Gasteiger partial charge is 0.279 e. The van der Waals surface area contributed by atoms with E-state index in [2.05, 4.69) is 17.0 Å². The minimum absolute atomic E-state index is 0.117. The van der Waals surface area contributed by atoms with Crippen LogP contribution >= 0.6 is 0 Å². The van der Waals surface area contributed by atoms with Crippen LogP contribution in [0.3, 0.4) is 0 Å². The van der Waals surface area contributed by atoms with E-state index in [1.807, 2.05) is 6.92 Å². The van der Waals surface area contributed by atoms with Crippen molar-refractivity contribution in [1.82, 2.24) is 14.3 Å². The van der Waals surface area contributed by atoms with Crippen molar-refractivity contribution in [1.29, 1.82) is 0 Å². The summed E-state index contributed by atoms with van der Waals surface area (Å²) in [7, 11) is -1.66. The topological polar surface area (TPSA) is 61.4 Å². The third kappa shape index (κ3) is 4.84. The molecular formula is C12H27N3O2S. The zero-order chi connectivity index (χ0) is 13.6. The van der Waals surface area contributed by atoms with E-state index < -0.39 is 10.2 Å². The van der Waals surface area contributed by atoms with E-state index in [4.69, 9.17) is 0 Å². The molecule has 1 saturated carbocycles. The fraction of sp³-hybridized carbons (Fsp3) is 1.00. The van der Waals surface area contributed by atoms with Gasteiger partial charge in [0.25, 0.3) is 10.2 Å². The number of nitrogens with zero attached hydrogens (tertiary/aromatic N) is 1. The first kappa shape index (κ1) is 15.9. The van der Waals surface area contributed by atoms with Gasteiger partial charge >= 0.3 is 0 Å². The Hall–Kier alpha value is -0.170. The third-order valence-corrected chi connectivity index (χ3v) is 5.25. The average Bonchev–Trinajstić information content (AvgIpc) is 2.69. The lowest BCUT2D eigenvalue weighted by Crippen LogP contribution is -2.45. The number of nitrogens with one attached hydrogen (secondary N) is 2. The average molecular weight is 277 g/mol. The van der Waals surface area contributed by atoms with Gasteiger partial charge in [0.15, 0.2) is 0 Å². The van der Waals surface area contributed by atoms with Crippen LogP contribution in [-0.2, 0) is 10.2 Å². The normalized spacial score (nSPS) is 24.9. The molecule has 0 aromatic carbocycles. The van der Waals surface area contributed by atoms with Gasteiger partial charge in [-0.25, -0.2) is 0 Å². The van der Waals surface area contributed by atoms with Gasteiger partial charge in [-0.2, -0.15) is 17.4 Å². The second-order valence-electron chi connectivity index (χ2n) is 5.17. The maximum atomic E-state index is 12.1. The van der Waals surface area contributed by atoms with E-state index in [9.17, 15) is 8.42 Å². The lowest BCUT2D eigenvalue weighted by atomic mass is 10.1. The molecule has 0 amide bonds. The molecule has 0 saturated heterocycles. The van der Waals surface area contributed by atoms with Crippen LogP contribution in [0, 0.1) is 5.92 Å². The fourth-order valence-corrected chi connectivity index (χ4v) is 3.61. The summed E-state index contributed by atoms with van der Waals surface area (Å²) in [6.07, 6.45) is 4.05. The molecule has 6 heteroatoms. The van der Waals surface area contributed by atoms with Gasteiger partial charge in [0, 0.05) is 19.6 Å². The SMILES string of the molecule is CCNCCCN(C)S(=O)(=O)NC1CCCC1C. The molecule has 2 unspecified atom stereocenters. The highest BCUT2D eigenvalue weighted by molar-refractivity contribution is 7.87. The Bertz CT molecular complexity index is 332. The van der Waals surface area contributed by atoms with Crippen LogP contribution in [0.5, 0.6) is 0 Å². The molecule has 0 aromatic heterocycles. The van der Waals surface area contributed by atoms with Crippen LogP contribution < -0.4 is 10.0 Å². The molecule has 2 N–H and O–H groups in total. The van der Waals surface area contributed by atoms with Gasteiger partial charge in [0.05, 0.1) is 0 Å². The first-order valence-electron chi connectivity index (χ1n) is 6.91. The Labute approximate surface area is 112 Å². The largest absolute Gasteiger partial charge is 0.317 e. The van der Waals surface area contributed by atoms with Crippen molar-refractivity contribution in [3.05, 3.63) is 0 Å². The highest BCUT2D eigenvalue weighted by atomic mass is 32.2. The van der Waals surface area contributed by atoms with Gasteiger partial charge in [-0.3, -0.25) is 0 Å². The zero-order valence-corrected chi connectivity index (χ0v) is 12.6. The molecule has 0 aliphatic heterocycles. The highest BCUT2D eigenvalue weighted by Gasteiger charge is 2.29. The summed E-state index contributed by atoms with van der Waals surface area (Å²) in [6, 6.07) is 0.117. The monoisotopic (exact) mass is 277 g/mol. The van der Waals surface area contributed by atoms with Crippen LogP contribution in [0.4, 0.5) is 0 Å². The highest BCUT2D eigenvalue weighted by Crippen LogP contribution is 2.25. The minimum atomic E-state index is -3.31. The van der Waals surface area contributed by atoms with Gasteiger partial charge in [0.2, 0.25) is 0 Å². The Kier molecular flexibility index (Phi) is 6.55. The Morgan fingerprint density at radius 3 is 2.61 bits per heavy atom. The fourth-order valence-electron chi connectivity index (χ4n) is 2.33. The van der Waals surface area contributed by atoms with Crippen LogP contribution in [0.25, 0.3) is 0 Å². The molecule has 108 valence electrons. The van der Waals surface area contributed by atoms with E-state index >= 15 is 0 Å². The first-order chi connectivity index (χ1) is 8.47. The Morgan fingerprint density at radius 2 is 2.06 bits per heavy atom. The van der Waals surface area contributed by atoms with Crippen LogP contribution in [0.1, 0.15) is 39.5 Å². The molecule has 2 atom stereocenters. The predicted molar refractivity (Wildman–Crippen MR) is 74.6 cm³/mol. The van der Waals surface area contributed by atoms with E-state index in [1.165, 1.54) is 4.31 Å². The van der Waals surface area contributed by atoms with Gasteiger partial charge in [-0.1, -0.05) is 20.3 Å². The lowest BCUT2D eigenvalue weighted by Gasteiger charge is -2.23. The summed E-state index contributed by atoms with van der Waals surface area (Å²) < 4.78 is 28.4. The summed E-state index contributed by atoms with van der Waals surface area (Å²) in [5.41, 5.74) is 0. The van der Waals surface area contributed by atoms with Gasteiger partial charge in [-0.15, -0.1) is 0 Å². The molecule has 1 rings (SSSR count). The van der Waals surface area contributed by atoms with Crippen molar-refractivity contribution in [3.63, 3.8) is 0 Å². The van der Waals surface area contributed by atoms with Crippen molar-refractivity contribution in [2.75, 3.05) is 26.7 Å². The van der Waals surface area contributed by atoms with Crippen LogP contribution in [0.2, 0.25) is 0 Å². The van der Waals surface area contributed by atoms with E-state index in [0.29, 0.717) is 12.5 Å². The van der Waals surface area contributed by atoms with E-state index in [-0.39, 0.29) is 6.04 Å². The molecule has 0 radical (unpaired) electrons. The molecule has 18 heavy (non-hydrogen) atoms. The minimum Gasteiger partial charge on any atom is -0.317 e. The first-order valence-corrected chi connectivity index (χ1v) is 8.35. The van der Waals surface area contributed by atoms with Gasteiger partial charge in [-0.05, 0) is 38.3 Å². The van der Waals surface area contributed by atoms with Gasteiger partial charge < -0.3 is 5.32 Å². The van der Waals surface area contributed by atoms with Crippen LogP contribution in [-0.4, -0.2) is 45.4 Å². The molecule has 0 spiro atoms. The molecule has 0 aromatic rings. The van der Waals surface area contributed by atoms with Crippen molar-refractivity contribution in [2.45, 2.75) is 45.6 Å². The van der Waals surface area contributed by atoms with Crippen molar-refractivity contribution in [3.8, 4) is 0 Å². The maximum Gasteiger partial charge on any atom is 0.279 e. The molecule has 0 bridgehead atoms. The Balaban J connectivity index is 2.37. The zero-order valence-electron chi connectivity index (χ0n) is 11.8. The number of rotatable bonds is 8. The molecule has 5 nitrogen and oxygen atoms in total. The molecule has 1 fully saturated rings. The second-order valence-corrected chi connectivity index (χ2v) is 6.98. The maximum absolute atomic E-state index is 12.1. The summed E-state index contributed by atoms with van der Waals surface area (Å²) in [6.45, 7) is 6.50. The van der Waals surface area contributed by atoms with Gasteiger partial charge in [0.1, 0.15) is 0 Å². The lowest BCUT2D eigenvalue weighted by molar-refractivity contribution is 0.417. The third-order valence-electron chi connectivity index (χ3n) is 3.65. The summed E-state index contributed by atoms with van der Waals surface area (Å²) in [4.78, 5) is 0. The standard InChI is InChI=1S/C12H27N3O2S/c1-4-13-9-6-10-15(3)18(16,17)14-12-8-5-7-11(12)2/h11-14H,4-10H2,1-3H3. The predicted octanol–water partition coefficient (Wildman–Crippen LogP) is 0.941. The molecule has 1 aliphatic carbocycles. The number of hydrogen-bond acceptors (Lipinski definition) is 3. The quantitative estimate of drug-likeness (QED) is 0.649. The Morgan fingerprint density at radius 1 is 1.33 bits per heavy atom. The molecule has 0 heterocycles. The van der Waals surface area contributed by atoms with Crippen molar-refractivity contribution in [2.24, 2.45) is 5.92 Å². The van der Waals surface area contributed by atoms with Crippen molar-refractivity contribution >= 4 is 10.2 Å². The molecule has 1 aliphatic rings.